The first-order valence-electron chi connectivity index (χ1n) is 7.34. The minimum Gasteiger partial charge on any atom is -0.256 e. The van der Waals surface area contributed by atoms with Gasteiger partial charge in [-0.05, 0) is 42.2 Å². The number of hydrogen-bond acceptors (Lipinski definition) is 2. The van der Waals surface area contributed by atoms with Gasteiger partial charge < -0.3 is 0 Å². The van der Waals surface area contributed by atoms with Crippen molar-refractivity contribution in [2.45, 2.75) is 12.8 Å². The normalized spacial score (nSPS) is 10.1. The molecule has 0 spiro atoms. The molecule has 0 saturated carbocycles. The molecule has 0 unspecified atom stereocenters. The Labute approximate surface area is 130 Å². The zero-order valence-electron chi connectivity index (χ0n) is 12.2. The van der Waals surface area contributed by atoms with E-state index in [0.717, 1.165) is 24.1 Å². The molecule has 0 fully saturated rings. The van der Waals surface area contributed by atoms with Crippen molar-refractivity contribution in [3.05, 3.63) is 89.6 Å². The van der Waals surface area contributed by atoms with Gasteiger partial charge in [-0.25, -0.2) is 0 Å². The molecule has 22 heavy (non-hydrogen) atoms. The zero-order chi connectivity index (χ0) is 15.2. The summed E-state index contributed by atoms with van der Waals surface area (Å²) in [6.45, 7) is 0. The quantitative estimate of drug-likeness (QED) is 0.711. The Bertz CT molecular complexity index is 767. The van der Waals surface area contributed by atoms with Crippen LogP contribution >= 0.6 is 0 Å². The third kappa shape index (κ3) is 3.39. The van der Waals surface area contributed by atoms with Crippen LogP contribution in [0.15, 0.2) is 72.9 Å². The lowest BCUT2D eigenvalue weighted by Crippen LogP contribution is -1.93. The highest BCUT2D eigenvalue weighted by Gasteiger charge is 2.00. The van der Waals surface area contributed by atoms with E-state index in [1.165, 1.54) is 11.1 Å². The number of hydrogen-bond donors (Lipinski definition) is 0. The lowest BCUT2D eigenvalue weighted by atomic mass is 10.0. The van der Waals surface area contributed by atoms with E-state index < -0.39 is 0 Å². The van der Waals surface area contributed by atoms with Gasteiger partial charge >= 0.3 is 0 Å². The van der Waals surface area contributed by atoms with E-state index in [1.807, 2.05) is 48.7 Å². The Kier molecular flexibility index (Phi) is 4.27. The van der Waals surface area contributed by atoms with Crippen LogP contribution in [0.3, 0.4) is 0 Å². The van der Waals surface area contributed by atoms with Gasteiger partial charge in [0, 0.05) is 11.8 Å². The van der Waals surface area contributed by atoms with Crippen LogP contribution in [0.4, 0.5) is 0 Å². The van der Waals surface area contributed by atoms with Gasteiger partial charge in [0.1, 0.15) is 0 Å². The maximum atomic E-state index is 8.80. The summed E-state index contributed by atoms with van der Waals surface area (Å²) < 4.78 is 0. The lowest BCUT2D eigenvalue weighted by Gasteiger charge is -2.04. The molecule has 3 aromatic rings. The average Bonchev–Trinajstić information content (AvgIpc) is 2.61. The van der Waals surface area contributed by atoms with Crippen molar-refractivity contribution in [2.75, 3.05) is 0 Å². The van der Waals surface area contributed by atoms with Gasteiger partial charge in [-0.2, -0.15) is 5.26 Å². The van der Waals surface area contributed by atoms with E-state index in [9.17, 15) is 0 Å². The summed E-state index contributed by atoms with van der Waals surface area (Å²) in [4.78, 5) is 4.55. The molecule has 1 aromatic heterocycles. The second kappa shape index (κ2) is 6.69. The smallest absolute Gasteiger partial charge is 0.0991 e. The number of benzene rings is 2. The summed E-state index contributed by atoms with van der Waals surface area (Å²) in [6, 6.07) is 24.3. The highest BCUT2D eigenvalue weighted by molar-refractivity contribution is 5.58. The monoisotopic (exact) mass is 284 g/mol. The number of aromatic nitrogens is 1. The van der Waals surface area contributed by atoms with Gasteiger partial charge in [-0.15, -0.1) is 0 Å². The number of rotatable bonds is 4. The highest BCUT2D eigenvalue weighted by atomic mass is 14.7. The van der Waals surface area contributed by atoms with E-state index in [0.29, 0.717) is 5.56 Å². The Morgan fingerprint density at radius 3 is 2.09 bits per heavy atom. The minimum atomic E-state index is 0.706. The third-order valence-electron chi connectivity index (χ3n) is 3.68. The lowest BCUT2D eigenvalue weighted by molar-refractivity contribution is 0.950. The molecule has 0 amide bonds. The molecule has 0 N–H and O–H groups in total. The van der Waals surface area contributed by atoms with Crippen molar-refractivity contribution in [1.82, 2.24) is 4.98 Å². The van der Waals surface area contributed by atoms with E-state index in [-0.39, 0.29) is 0 Å². The molecular weight excluding hydrogens is 268 g/mol. The molecule has 0 saturated heterocycles. The molecule has 1 heterocycles. The Morgan fingerprint density at radius 2 is 1.45 bits per heavy atom. The number of nitriles is 1. The predicted molar refractivity (Wildman–Crippen MR) is 88.2 cm³/mol. The van der Waals surface area contributed by atoms with Crippen LogP contribution < -0.4 is 0 Å². The standard InChI is InChI=1S/C20H16N2/c21-14-17-9-6-16(7-10-17)8-11-18-12-13-20(22-15-18)19-4-2-1-3-5-19/h1-7,9-10,12-13,15H,8,11H2. The van der Waals surface area contributed by atoms with Gasteiger partial charge in [0.2, 0.25) is 0 Å². The third-order valence-corrected chi connectivity index (χ3v) is 3.68. The van der Waals surface area contributed by atoms with E-state index in [4.69, 9.17) is 5.26 Å². The zero-order valence-corrected chi connectivity index (χ0v) is 12.2. The predicted octanol–water partition coefficient (Wildman–Crippen LogP) is 4.41. The molecule has 106 valence electrons. The van der Waals surface area contributed by atoms with Gasteiger partial charge in [0.05, 0.1) is 17.3 Å². The fourth-order valence-electron chi connectivity index (χ4n) is 2.39. The molecule has 0 radical (unpaired) electrons. The Balaban J connectivity index is 1.65. The summed E-state index contributed by atoms with van der Waals surface area (Å²) in [5.74, 6) is 0. The van der Waals surface area contributed by atoms with Crippen molar-refractivity contribution >= 4 is 0 Å². The molecule has 2 heteroatoms. The molecule has 2 aromatic carbocycles. The van der Waals surface area contributed by atoms with Gasteiger partial charge in [0.15, 0.2) is 0 Å². The first kappa shape index (κ1) is 14.0. The minimum absolute atomic E-state index is 0.706. The van der Waals surface area contributed by atoms with Gasteiger partial charge in [-0.3, -0.25) is 4.98 Å². The van der Waals surface area contributed by atoms with Crippen LogP contribution in [0, 0.1) is 11.3 Å². The van der Waals surface area contributed by atoms with Crippen LogP contribution in [0.25, 0.3) is 11.3 Å². The van der Waals surface area contributed by atoms with Crippen molar-refractivity contribution in [3.8, 4) is 17.3 Å². The van der Waals surface area contributed by atoms with Crippen molar-refractivity contribution in [2.24, 2.45) is 0 Å². The van der Waals surface area contributed by atoms with E-state index in [2.05, 4.69) is 35.3 Å². The molecule has 0 aliphatic heterocycles. The average molecular weight is 284 g/mol. The molecule has 0 bridgehead atoms. The van der Waals surface area contributed by atoms with E-state index >= 15 is 0 Å². The Morgan fingerprint density at radius 1 is 0.773 bits per heavy atom. The summed E-state index contributed by atoms with van der Waals surface area (Å²) in [6.07, 6.45) is 3.86. The summed E-state index contributed by atoms with van der Waals surface area (Å²) in [7, 11) is 0. The second-order valence-corrected chi connectivity index (χ2v) is 5.23. The summed E-state index contributed by atoms with van der Waals surface area (Å²) >= 11 is 0. The van der Waals surface area contributed by atoms with Crippen molar-refractivity contribution in [1.29, 1.82) is 5.26 Å². The van der Waals surface area contributed by atoms with E-state index in [1.54, 1.807) is 0 Å². The first-order valence-corrected chi connectivity index (χ1v) is 7.34. The van der Waals surface area contributed by atoms with Crippen LogP contribution in [0.2, 0.25) is 0 Å². The molecule has 0 aliphatic rings. The molecule has 0 atom stereocenters. The number of pyridine rings is 1. The highest BCUT2D eigenvalue weighted by Crippen LogP contribution is 2.17. The number of aryl methyl sites for hydroxylation is 2. The Hall–Kier alpha value is -2.92. The van der Waals surface area contributed by atoms with Crippen LogP contribution in [0.1, 0.15) is 16.7 Å². The molecular formula is C20H16N2. The summed E-state index contributed by atoms with van der Waals surface area (Å²) in [5.41, 5.74) is 5.32. The molecule has 0 aliphatic carbocycles. The number of nitrogens with zero attached hydrogens (tertiary/aromatic N) is 2. The largest absolute Gasteiger partial charge is 0.256 e. The fourth-order valence-corrected chi connectivity index (χ4v) is 2.39. The maximum Gasteiger partial charge on any atom is 0.0991 e. The van der Waals surface area contributed by atoms with Crippen LogP contribution in [-0.2, 0) is 12.8 Å². The van der Waals surface area contributed by atoms with Crippen LogP contribution in [-0.4, -0.2) is 4.98 Å². The van der Waals surface area contributed by atoms with Crippen molar-refractivity contribution in [3.63, 3.8) is 0 Å². The maximum absolute atomic E-state index is 8.80. The molecule has 2 nitrogen and oxygen atoms in total. The first-order chi connectivity index (χ1) is 10.8. The fraction of sp³-hybridized carbons (Fsp3) is 0.100. The van der Waals surface area contributed by atoms with Crippen LogP contribution in [0.5, 0.6) is 0 Å². The summed E-state index contributed by atoms with van der Waals surface area (Å²) in [5, 5.41) is 8.80. The molecule has 3 rings (SSSR count). The van der Waals surface area contributed by atoms with Gasteiger partial charge in [0.25, 0.3) is 0 Å². The topological polar surface area (TPSA) is 36.7 Å². The van der Waals surface area contributed by atoms with Gasteiger partial charge in [-0.1, -0.05) is 48.5 Å². The van der Waals surface area contributed by atoms with Crippen molar-refractivity contribution < 1.29 is 0 Å². The SMILES string of the molecule is N#Cc1ccc(CCc2ccc(-c3ccccc3)nc2)cc1. The second-order valence-electron chi connectivity index (χ2n) is 5.23.